The van der Waals surface area contributed by atoms with Gasteiger partial charge in [-0.15, -0.1) is 0 Å². The van der Waals surface area contributed by atoms with Crippen LogP contribution in [0.5, 0.6) is 0 Å². The Labute approximate surface area is 88.5 Å². The molecule has 0 fully saturated rings. The molecular weight excluding hydrogens is 188 g/mol. The minimum atomic E-state index is -0.391. The summed E-state index contributed by atoms with van der Waals surface area (Å²) in [4.78, 5) is 12.1. The van der Waals surface area contributed by atoms with E-state index in [9.17, 15) is 4.79 Å². The lowest BCUT2D eigenvalue weighted by molar-refractivity contribution is 0.0854. The summed E-state index contributed by atoms with van der Waals surface area (Å²) >= 11 is 0. The Morgan fingerprint density at radius 2 is 1.93 bits per heavy atom. The molecule has 0 spiro atoms. The van der Waals surface area contributed by atoms with Gasteiger partial charge in [0.1, 0.15) is 5.69 Å². The molecule has 0 aliphatic rings. The van der Waals surface area contributed by atoms with Crippen molar-refractivity contribution in [2.45, 2.75) is 20.8 Å². The van der Waals surface area contributed by atoms with Gasteiger partial charge in [0.2, 0.25) is 0 Å². The molecule has 0 bridgehead atoms. The van der Waals surface area contributed by atoms with Gasteiger partial charge in [0, 0.05) is 10.8 Å². The number of fused-ring (bicyclic) bond motifs is 1. The van der Waals surface area contributed by atoms with Crippen LogP contribution < -0.4 is 0 Å². The predicted octanol–water partition coefficient (Wildman–Crippen LogP) is 2.79. The molecule has 2 rings (SSSR count). The standard InChI is InChI=1S/C12H14N2O/c1-12(2,3)11(15)10-8-6-4-5-7-9(8)13-14-10/h4-7H,1-3H3,(H,13,14). The molecule has 0 amide bonds. The molecule has 3 nitrogen and oxygen atoms in total. The maximum atomic E-state index is 12.1. The molecule has 0 saturated carbocycles. The molecule has 78 valence electrons. The fourth-order valence-corrected chi connectivity index (χ4v) is 1.49. The second-order valence-electron chi connectivity index (χ2n) is 4.70. The van der Waals surface area contributed by atoms with Gasteiger partial charge in [-0.2, -0.15) is 5.10 Å². The van der Waals surface area contributed by atoms with E-state index in [1.54, 1.807) is 0 Å². The highest BCUT2D eigenvalue weighted by molar-refractivity contribution is 6.08. The molecule has 1 heterocycles. The van der Waals surface area contributed by atoms with Gasteiger partial charge in [-0.05, 0) is 6.07 Å². The smallest absolute Gasteiger partial charge is 0.188 e. The fraction of sp³-hybridized carbons (Fsp3) is 0.333. The lowest BCUT2D eigenvalue weighted by Gasteiger charge is -2.14. The number of carbonyl (C=O) groups excluding carboxylic acids is 1. The Hall–Kier alpha value is -1.64. The summed E-state index contributed by atoms with van der Waals surface area (Å²) in [5.41, 5.74) is 1.06. The number of Topliss-reactive ketones (excluding diaryl/α,β-unsaturated/α-hetero) is 1. The van der Waals surface area contributed by atoms with E-state index in [4.69, 9.17) is 0 Å². The van der Waals surface area contributed by atoms with Gasteiger partial charge in [-0.3, -0.25) is 9.89 Å². The summed E-state index contributed by atoms with van der Waals surface area (Å²) in [5, 5.41) is 7.86. The molecule has 0 aliphatic carbocycles. The number of rotatable bonds is 1. The first kappa shape index (κ1) is 9.90. The first-order valence-electron chi connectivity index (χ1n) is 4.98. The molecule has 0 unspecified atom stereocenters. The van der Waals surface area contributed by atoms with Crippen LogP contribution in [0.15, 0.2) is 24.3 Å². The number of benzene rings is 1. The van der Waals surface area contributed by atoms with E-state index >= 15 is 0 Å². The van der Waals surface area contributed by atoms with Crippen molar-refractivity contribution in [2.75, 3.05) is 0 Å². The second-order valence-corrected chi connectivity index (χ2v) is 4.70. The Morgan fingerprint density at radius 3 is 2.60 bits per heavy atom. The van der Waals surface area contributed by atoms with Crippen molar-refractivity contribution in [2.24, 2.45) is 5.41 Å². The van der Waals surface area contributed by atoms with E-state index in [1.165, 1.54) is 0 Å². The number of nitrogens with one attached hydrogen (secondary N) is 1. The predicted molar refractivity (Wildman–Crippen MR) is 59.9 cm³/mol. The minimum Gasteiger partial charge on any atom is -0.292 e. The van der Waals surface area contributed by atoms with Crippen molar-refractivity contribution in [3.8, 4) is 0 Å². The molecule has 0 radical (unpaired) electrons. The highest BCUT2D eigenvalue weighted by atomic mass is 16.1. The van der Waals surface area contributed by atoms with Crippen molar-refractivity contribution in [1.82, 2.24) is 10.2 Å². The molecule has 3 heteroatoms. The first-order chi connectivity index (χ1) is 7.00. The number of ketones is 1. The van der Waals surface area contributed by atoms with Crippen molar-refractivity contribution >= 4 is 16.7 Å². The van der Waals surface area contributed by atoms with E-state index in [0.717, 1.165) is 10.9 Å². The zero-order valence-corrected chi connectivity index (χ0v) is 9.16. The second kappa shape index (κ2) is 3.19. The van der Waals surface area contributed by atoms with Gasteiger partial charge in [0.05, 0.1) is 5.52 Å². The van der Waals surface area contributed by atoms with Gasteiger partial charge in [-0.1, -0.05) is 39.0 Å². The summed E-state index contributed by atoms with van der Waals surface area (Å²) < 4.78 is 0. The molecule has 1 aromatic carbocycles. The summed E-state index contributed by atoms with van der Waals surface area (Å²) in [5.74, 6) is 0.0694. The van der Waals surface area contributed by atoms with Crippen molar-refractivity contribution in [3.05, 3.63) is 30.0 Å². The number of hydrogen-bond donors (Lipinski definition) is 1. The molecule has 0 atom stereocenters. The van der Waals surface area contributed by atoms with Crippen molar-refractivity contribution in [1.29, 1.82) is 0 Å². The van der Waals surface area contributed by atoms with Gasteiger partial charge >= 0.3 is 0 Å². The first-order valence-corrected chi connectivity index (χ1v) is 4.98. The molecular formula is C12H14N2O. The molecule has 1 N–H and O–H groups in total. The Morgan fingerprint density at radius 1 is 1.27 bits per heavy atom. The van der Waals surface area contributed by atoms with Crippen LogP contribution in [0.3, 0.4) is 0 Å². The maximum Gasteiger partial charge on any atom is 0.188 e. The van der Waals surface area contributed by atoms with Gasteiger partial charge in [0.25, 0.3) is 0 Å². The van der Waals surface area contributed by atoms with Crippen LogP contribution in [0.25, 0.3) is 10.9 Å². The molecule has 0 aliphatic heterocycles. The van der Waals surface area contributed by atoms with Gasteiger partial charge < -0.3 is 0 Å². The Kier molecular flexibility index (Phi) is 2.11. The van der Waals surface area contributed by atoms with Crippen LogP contribution in [0.2, 0.25) is 0 Å². The maximum absolute atomic E-state index is 12.1. The zero-order valence-electron chi connectivity index (χ0n) is 9.16. The average molecular weight is 202 g/mol. The SMILES string of the molecule is CC(C)(C)C(=O)c1n[nH]c2ccccc12. The summed E-state index contributed by atoms with van der Waals surface area (Å²) in [6.45, 7) is 5.70. The quantitative estimate of drug-likeness (QED) is 0.723. The summed E-state index contributed by atoms with van der Waals surface area (Å²) in [6, 6.07) is 7.67. The highest BCUT2D eigenvalue weighted by Crippen LogP contribution is 2.24. The van der Waals surface area contributed by atoms with Crippen LogP contribution in [-0.2, 0) is 0 Å². The third-order valence-corrected chi connectivity index (χ3v) is 2.37. The number of carbonyl (C=O) groups is 1. The van der Waals surface area contributed by atoms with Crippen LogP contribution in [0.1, 0.15) is 31.3 Å². The van der Waals surface area contributed by atoms with E-state index in [2.05, 4.69) is 10.2 Å². The molecule has 1 aromatic heterocycles. The number of nitrogens with zero attached hydrogens (tertiary/aromatic N) is 1. The monoisotopic (exact) mass is 202 g/mol. The van der Waals surface area contributed by atoms with Crippen LogP contribution in [0.4, 0.5) is 0 Å². The number of aromatic amines is 1. The largest absolute Gasteiger partial charge is 0.292 e. The summed E-state index contributed by atoms with van der Waals surface area (Å²) in [7, 11) is 0. The molecule has 2 aromatic rings. The van der Waals surface area contributed by atoms with Crippen molar-refractivity contribution < 1.29 is 4.79 Å². The van der Waals surface area contributed by atoms with Crippen molar-refractivity contribution in [3.63, 3.8) is 0 Å². The minimum absolute atomic E-state index is 0.0694. The Balaban J connectivity index is 2.58. The van der Waals surface area contributed by atoms with Gasteiger partial charge in [0.15, 0.2) is 5.78 Å². The Bertz CT molecular complexity index is 506. The molecule has 15 heavy (non-hydrogen) atoms. The highest BCUT2D eigenvalue weighted by Gasteiger charge is 2.26. The summed E-state index contributed by atoms with van der Waals surface area (Å²) in [6.07, 6.45) is 0. The number of para-hydroxylation sites is 1. The van der Waals surface area contributed by atoms with E-state index in [0.29, 0.717) is 5.69 Å². The lowest BCUT2D eigenvalue weighted by atomic mass is 9.88. The van der Waals surface area contributed by atoms with Crippen LogP contribution >= 0.6 is 0 Å². The topological polar surface area (TPSA) is 45.8 Å². The van der Waals surface area contributed by atoms with Crippen LogP contribution in [-0.4, -0.2) is 16.0 Å². The average Bonchev–Trinajstić information content (AvgIpc) is 2.58. The van der Waals surface area contributed by atoms with E-state index < -0.39 is 5.41 Å². The lowest BCUT2D eigenvalue weighted by Crippen LogP contribution is -2.20. The zero-order chi connectivity index (χ0) is 11.1. The molecule has 0 saturated heterocycles. The third-order valence-electron chi connectivity index (χ3n) is 2.37. The van der Waals surface area contributed by atoms with Gasteiger partial charge in [-0.25, -0.2) is 0 Å². The van der Waals surface area contributed by atoms with E-state index in [1.807, 2.05) is 45.0 Å². The van der Waals surface area contributed by atoms with E-state index in [-0.39, 0.29) is 5.78 Å². The number of H-pyrrole nitrogens is 1. The number of aromatic nitrogens is 2. The van der Waals surface area contributed by atoms with Crippen LogP contribution in [0, 0.1) is 5.41 Å². The fourth-order valence-electron chi connectivity index (χ4n) is 1.49. The normalized spacial score (nSPS) is 11.9. The third kappa shape index (κ3) is 1.65. The number of hydrogen-bond acceptors (Lipinski definition) is 2.